The number of anilines is 2. The number of ether oxygens (including phenoxy) is 1. The van der Waals surface area contributed by atoms with E-state index in [4.69, 9.17) is 10.5 Å². The van der Waals surface area contributed by atoms with Crippen molar-refractivity contribution in [3.05, 3.63) is 54.1 Å². The second-order valence-electron chi connectivity index (χ2n) is 6.07. The van der Waals surface area contributed by atoms with Crippen LogP contribution < -0.4 is 15.2 Å². The minimum atomic E-state index is -3.26. The third kappa shape index (κ3) is 6.28. The van der Waals surface area contributed by atoms with Gasteiger partial charge in [-0.05, 0) is 55.9 Å². The summed E-state index contributed by atoms with van der Waals surface area (Å²) in [6.07, 6.45) is 1.12. The minimum absolute atomic E-state index is 0.255. The molecular weight excluding hydrogens is 338 g/mol. The van der Waals surface area contributed by atoms with Crippen LogP contribution in [0.5, 0.6) is 5.75 Å². The van der Waals surface area contributed by atoms with Crippen LogP contribution in [-0.4, -0.2) is 39.8 Å². The molecule has 1 unspecified atom stereocenters. The lowest BCUT2D eigenvalue weighted by molar-refractivity contribution is 0.201. The summed E-state index contributed by atoms with van der Waals surface area (Å²) in [4.78, 5) is 2.20. The van der Waals surface area contributed by atoms with Gasteiger partial charge in [-0.3, -0.25) is 9.62 Å². The fourth-order valence-corrected chi connectivity index (χ4v) is 2.93. The van der Waals surface area contributed by atoms with Gasteiger partial charge in [-0.2, -0.15) is 0 Å². The van der Waals surface area contributed by atoms with Crippen molar-refractivity contribution in [2.45, 2.75) is 13.0 Å². The molecule has 0 bridgehead atoms. The number of rotatable bonds is 8. The van der Waals surface area contributed by atoms with E-state index in [-0.39, 0.29) is 6.04 Å². The van der Waals surface area contributed by atoms with Crippen molar-refractivity contribution in [3.63, 3.8) is 0 Å². The largest absolute Gasteiger partial charge is 0.492 e. The topological polar surface area (TPSA) is 84.7 Å². The molecule has 2 aromatic carbocycles. The van der Waals surface area contributed by atoms with Gasteiger partial charge >= 0.3 is 0 Å². The van der Waals surface area contributed by atoms with E-state index in [1.165, 1.54) is 5.56 Å². The molecule has 0 spiro atoms. The minimum Gasteiger partial charge on any atom is -0.492 e. The van der Waals surface area contributed by atoms with Crippen molar-refractivity contribution in [3.8, 4) is 5.75 Å². The molecule has 0 aliphatic carbocycles. The Kier molecular flexibility index (Phi) is 6.27. The highest BCUT2D eigenvalue weighted by Crippen LogP contribution is 2.20. The van der Waals surface area contributed by atoms with Crippen LogP contribution in [0.4, 0.5) is 11.4 Å². The van der Waals surface area contributed by atoms with Crippen LogP contribution in [0, 0.1) is 0 Å². The first-order chi connectivity index (χ1) is 11.7. The van der Waals surface area contributed by atoms with Crippen molar-refractivity contribution in [1.82, 2.24) is 4.90 Å². The Morgan fingerprint density at radius 1 is 1.12 bits per heavy atom. The Balaban J connectivity index is 1.82. The number of nitrogens with one attached hydrogen (secondary N) is 1. The van der Waals surface area contributed by atoms with Gasteiger partial charge in [0, 0.05) is 24.0 Å². The molecule has 2 aromatic rings. The van der Waals surface area contributed by atoms with E-state index in [0.29, 0.717) is 18.0 Å². The molecule has 2 rings (SSSR count). The average molecular weight is 363 g/mol. The molecule has 0 fully saturated rings. The number of nitrogen functional groups attached to an aromatic ring is 1. The molecule has 25 heavy (non-hydrogen) atoms. The van der Waals surface area contributed by atoms with E-state index in [9.17, 15) is 8.42 Å². The Hall–Kier alpha value is -2.25. The summed E-state index contributed by atoms with van der Waals surface area (Å²) in [5, 5.41) is 0. The number of nitrogens with zero attached hydrogens (tertiary/aromatic N) is 1. The molecule has 0 aliphatic heterocycles. The third-order valence-electron chi connectivity index (χ3n) is 3.95. The molecule has 7 heteroatoms. The summed E-state index contributed by atoms with van der Waals surface area (Å²) >= 11 is 0. The quantitative estimate of drug-likeness (QED) is 0.705. The van der Waals surface area contributed by atoms with Gasteiger partial charge in [0.25, 0.3) is 0 Å². The van der Waals surface area contributed by atoms with Crippen LogP contribution in [0.25, 0.3) is 0 Å². The van der Waals surface area contributed by atoms with Crippen LogP contribution in [-0.2, 0) is 10.0 Å². The number of likely N-dealkylation sites (N-methyl/N-ethyl adjacent to an activating group) is 1. The summed E-state index contributed by atoms with van der Waals surface area (Å²) < 4.78 is 30.5. The molecule has 0 radical (unpaired) electrons. The van der Waals surface area contributed by atoms with E-state index in [0.717, 1.165) is 18.5 Å². The molecule has 0 saturated carbocycles. The number of sulfonamides is 1. The lowest BCUT2D eigenvalue weighted by atomic mass is 10.1. The van der Waals surface area contributed by atoms with E-state index < -0.39 is 10.0 Å². The van der Waals surface area contributed by atoms with Crippen LogP contribution in [0.15, 0.2) is 48.5 Å². The zero-order chi connectivity index (χ0) is 18.4. The van der Waals surface area contributed by atoms with Crippen LogP contribution >= 0.6 is 0 Å². The van der Waals surface area contributed by atoms with Gasteiger partial charge in [0.1, 0.15) is 12.4 Å². The first kappa shape index (κ1) is 19.1. The van der Waals surface area contributed by atoms with Gasteiger partial charge < -0.3 is 10.5 Å². The number of hydrogen-bond acceptors (Lipinski definition) is 5. The number of nitrogens with two attached hydrogens (primary N) is 1. The van der Waals surface area contributed by atoms with Crippen molar-refractivity contribution in [2.75, 3.05) is 36.9 Å². The molecule has 136 valence electrons. The van der Waals surface area contributed by atoms with Gasteiger partial charge in [0.15, 0.2) is 0 Å². The summed E-state index contributed by atoms with van der Waals surface area (Å²) in [6.45, 7) is 3.43. The Bertz CT molecular complexity index is 774. The zero-order valence-electron chi connectivity index (χ0n) is 14.8. The standard InChI is InChI=1S/C18H25N3O3S/c1-14(15-4-6-16(19)7-5-15)21(2)12-13-24-18-10-8-17(9-11-18)20-25(3,22)23/h4-11,14,20H,12-13,19H2,1-3H3. The summed E-state index contributed by atoms with van der Waals surface area (Å²) in [5.41, 5.74) is 8.20. The predicted molar refractivity (Wildman–Crippen MR) is 102 cm³/mol. The first-order valence-corrected chi connectivity index (χ1v) is 9.90. The monoisotopic (exact) mass is 363 g/mol. The predicted octanol–water partition coefficient (Wildman–Crippen LogP) is 2.71. The van der Waals surface area contributed by atoms with Gasteiger partial charge in [-0.15, -0.1) is 0 Å². The average Bonchev–Trinajstić information content (AvgIpc) is 2.55. The maximum atomic E-state index is 11.2. The lowest BCUT2D eigenvalue weighted by Gasteiger charge is -2.25. The molecule has 0 amide bonds. The SMILES string of the molecule is CC(c1ccc(N)cc1)N(C)CCOc1ccc(NS(C)(=O)=O)cc1. The number of hydrogen-bond donors (Lipinski definition) is 2. The van der Waals surface area contributed by atoms with E-state index >= 15 is 0 Å². The molecule has 0 aromatic heterocycles. The molecule has 6 nitrogen and oxygen atoms in total. The second-order valence-corrected chi connectivity index (χ2v) is 7.82. The Morgan fingerprint density at radius 3 is 2.28 bits per heavy atom. The smallest absolute Gasteiger partial charge is 0.229 e. The van der Waals surface area contributed by atoms with Crippen LogP contribution in [0.2, 0.25) is 0 Å². The highest BCUT2D eigenvalue weighted by atomic mass is 32.2. The maximum Gasteiger partial charge on any atom is 0.229 e. The summed E-state index contributed by atoms with van der Waals surface area (Å²) in [6, 6.07) is 15.0. The molecular formula is C18H25N3O3S. The molecule has 0 saturated heterocycles. The van der Waals surface area contributed by atoms with Crippen LogP contribution in [0.3, 0.4) is 0 Å². The first-order valence-electron chi connectivity index (χ1n) is 8.01. The highest BCUT2D eigenvalue weighted by molar-refractivity contribution is 7.92. The van der Waals surface area contributed by atoms with Gasteiger partial charge in [0.2, 0.25) is 10.0 Å². The van der Waals surface area contributed by atoms with Gasteiger partial charge in [0.05, 0.1) is 6.26 Å². The van der Waals surface area contributed by atoms with E-state index in [1.807, 2.05) is 31.3 Å². The lowest BCUT2D eigenvalue weighted by Crippen LogP contribution is -2.27. The zero-order valence-corrected chi connectivity index (χ0v) is 15.6. The van der Waals surface area contributed by atoms with Crippen molar-refractivity contribution >= 4 is 21.4 Å². The highest BCUT2D eigenvalue weighted by Gasteiger charge is 2.11. The van der Waals surface area contributed by atoms with Crippen molar-refractivity contribution < 1.29 is 13.2 Å². The molecule has 0 heterocycles. The van der Waals surface area contributed by atoms with E-state index in [1.54, 1.807) is 24.3 Å². The van der Waals surface area contributed by atoms with Gasteiger partial charge in [-0.1, -0.05) is 12.1 Å². The van der Waals surface area contributed by atoms with Crippen molar-refractivity contribution in [1.29, 1.82) is 0 Å². The molecule has 0 aliphatic rings. The number of benzene rings is 2. The van der Waals surface area contributed by atoms with Gasteiger partial charge in [-0.25, -0.2) is 8.42 Å². The van der Waals surface area contributed by atoms with Crippen LogP contribution in [0.1, 0.15) is 18.5 Å². The normalized spacial score (nSPS) is 12.8. The second kappa shape index (κ2) is 8.22. The molecule has 1 atom stereocenters. The van der Waals surface area contributed by atoms with Crippen molar-refractivity contribution in [2.24, 2.45) is 0 Å². The summed E-state index contributed by atoms with van der Waals surface area (Å²) in [7, 11) is -1.22. The molecule has 3 N–H and O–H groups in total. The fourth-order valence-electron chi connectivity index (χ4n) is 2.36. The summed E-state index contributed by atoms with van der Waals surface area (Å²) in [5.74, 6) is 0.701. The Morgan fingerprint density at radius 2 is 1.72 bits per heavy atom. The third-order valence-corrected chi connectivity index (χ3v) is 4.56. The van der Waals surface area contributed by atoms with E-state index in [2.05, 4.69) is 16.5 Å². The fraction of sp³-hybridized carbons (Fsp3) is 0.333. The maximum absolute atomic E-state index is 11.2. The Labute approximate surface area is 149 Å².